The van der Waals surface area contributed by atoms with Crippen molar-refractivity contribution in [3.8, 4) is 40.1 Å². The largest absolute Gasteiger partial charge is 0.506 e. The molecular formula is C28H19F4N5O. The molecule has 1 aromatic heterocycles. The van der Waals surface area contributed by atoms with Gasteiger partial charge in [0.15, 0.2) is 11.6 Å². The van der Waals surface area contributed by atoms with Gasteiger partial charge in [-0.2, -0.15) is 10.5 Å². The second-order valence-corrected chi connectivity index (χ2v) is 9.10. The summed E-state index contributed by atoms with van der Waals surface area (Å²) >= 11 is 0. The van der Waals surface area contributed by atoms with Gasteiger partial charge in [0, 0.05) is 42.3 Å². The molecule has 4 aromatic rings. The maximum atomic E-state index is 14.9. The highest BCUT2D eigenvalue weighted by atomic mass is 19.2. The second-order valence-electron chi connectivity index (χ2n) is 9.10. The molecule has 0 radical (unpaired) electrons. The van der Waals surface area contributed by atoms with E-state index in [9.17, 15) is 33.2 Å². The molecular weight excluding hydrogens is 498 g/mol. The van der Waals surface area contributed by atoms with Gasteiger partial charge in [0.1, 0.15) is 23.5 Å². The Morgan fingerprint density at radius 3 is 2.42 bits per heavy atom. The summed E-state index contributed by atoms with van der Waals surface area (Å²) in [5, 5.41) is 29.8. The van der Waals surface area contributed by atoms with Gasteiger partial charge in [-0.1, -0.05) is 6.07 Å². The number of benzene rings is 3. The van der Waals surface area contributed by atoms with Crippen molar-refractivity contribution in [2.24, 2.45) is 11.7 Å². The van der Waals surface area contributed by atoms with Crippen LogP contribution in [0.5, 0.6) is 5.75 Å². The molecule has 1 aliphatic heterocycles. The normalized spacial score (nSPS) is 17.3. The van der Waals surface area contributed by atoms with Crippen molar-refractivity contribution in [3.63, 3.8) is 0 Å². The third-order valence-electron chi connectivity index (χ3n) is 6.76. The highest BCUT2D eigenvalue weighted by Gasteiger charge is 2.30. The zero-order valence-corrected chi connectivity index (χ0v) is 19.7. The molecule has 38 heavy (non-hydrogen) atoms. The molecule has 10 heteroatoms. The Bertz CT molecular complexity index is 1660. The van der Waals surface area contributed by atoms with Crippen LogP contribution in [0.25, 0.3) is 33.2 Å². The zero-order valence-electron chi connectivity index (χ0n) is 19.7. The monoisotopic (exact) mass is 517 g/mol. The minimum absolute atomic E-state index is 0.0552. The van der Waals surface area contributed by atoms with E-state index >= 15 is 0 Å². The van der Waals surface area contributed by atoms with Crippen molar-refractivity contribution in [1.29, 1.82) is 10.5 Å². The predicted molar refractivity (Wildman–Crippen MR) is 133 cm³/mol. The van der Waals surface area contributed by atoms with Gasteiger partial charge >= 0.3 is 0 Å². The van der Waals surface area contributed by atoms with Gasteiger partial charge in [0.05, 0.1) is 34.3 Å². The third kappa shape index (κ3) is 4.25. The van der Waals surface area contributed by atoms with Crippen LogP contribution < -0.4 is 10.6 Å². The number of pyridine rings is 1. The van der Waals surface area contributed by atoms with E-state index < -0.39 is 46.1 Å². The number of phenolic OH excluding ortho intramolecular Hbond substituents is 1. The summed E-state index contributed by atoms with van der Waals surface area (Å²) in [5.74, 6) is -5.50. The Hall–Kier alpha value is -4.67. The lowest BCUT2D eigenvalue weighted by molar-refractivity contribution is 0.425. The summed E-state index contributed by atoms with van der Waals surface area (Å²) in [6.45, 7) is 0.621. The minimum atomic E-state index is -1.34. The van der Waals surface area contributed by atoms with E-state index in [0.717, 1.165) is 18.2 Å². The van der Waals surface area contributed by atoms with E-state index in [1.807, 2.05) is 4.90 Å². The first kappa shape index (κ1) is 25.0. The van der Waals surface area contributed by atoms with Gasteiger partial charge in [-0.25, -0.2) is 17.6 Å². The molecule has 2 atom stereocenters. The van der Waals surface area contributed by atoms with Crippen LogP contribution in [0.1, 0.15) is 12.0 Å². The molecule has 0 spiro atoms. The van der Waals surface area contributed by atoms with Crippen molar-refractivity contribution < 1.29 is 22.7 Å². The van der Waals surface area contributed by atoms with Crippen LogP contribution in [-0.2, 0) is 0 Å². The van der Waals surface area contributed by atoms with Crippen LogP contribution in [0.4, 0.5) is 23.2 Å². The number of phenols is 1. The number of rotatable bonds is 3. The van der Waals surface area contributed by atoms with Crippen LogP contribution in [-0.4, -0.2) is 29.2 Å². The number of aromatic hydroxyl groups is 1. The first-order chi connectivity index (χ1) is 18.2. The quantitative estimate of drug-likeness (QED) is 0.353. The van der Waals surface area contributed by atoms with Crippen molar-refractivity contribution in [2.75, 3.05) is 18.0 Å². The van der Waals surface area contributed by atoms with E-state index in [2.05, 4.69) is 11.1 Å². The molecule has 1 aliphatic rings. The molecule has 1 fully saturated rings. The Labute approximate surface area is 214 Å². The lowest BCUT2D eigenvalue weighted by atomic mass is 9.91. The lowest BCUT2D eigenvalue weighted by Gasteiger charge is -2.37. The molecule has 0 bridgehead atoms. The number of nitriles is 2. The van der Waals surface area contributed by atoms with Crippen LogP contribution in [0.15, 0.2) is 48.7 Å². The highest BCUT2D eigenvalue weighted by molar-refractivity contribution is 6.02. The number of aromatic nitrogens is 1. The average Bonchev–Trinajstić information content (AvgIpc) is 2.90. The second kappa shape index (κ2) is 9.66. The first-order valence-electron chi connectivity index (χ1n) is 11.6. The molecule has 3 N–H and O–H groups in total. The first-order valence-corrected chi connectivity index (χ1v) is 11.6. The summed E-state index contributed by atoms with van der Waals surface area (Å²) in [7, 11) is 0. The lowest BCUT2D eigenvalue weighted by Crippen LogP contribution is -2.46. The Morgan fingerprint density at radius 1 is 1.00 bits per heavy atom. The van der Waals surface area contributed by atoms with Crippen LogP contribution >= 0.6 is 0 Å². The van der Waals surface area contributed by atoms with Crippen molar-refractivity contribution in [3.05, 3.63) is 77.5 Å². The summed E-state index contributed by atoms with van der Waals surface area (Å²) in [6.07, 6.45) is 1.92. The molecule has 6 nitrogen and oxygen atoms in total. The molecule has 0 unspecified atom stereocenters. The van der Waals surface area contributed by atoms with E-state index in [1.54, 1.807) is 6.07 Å². The SMILES string of the molecule is N#Cc1cc(F)c(F)c(-c2ccc3ncc(-c4cc(F)cc(F)c4)c(N4CC[C@H](N)[C@H](C#N)C4)c3c2)c1O. The number of halogens is 4. The standard InChI is InChI=1S/C28H19F4N5O/c29-18-5-15(6-19(30)9-18)21-12-36-24-2-1-14(25-26(32)22(31)8-16(10-33)28(25)38)7-20(24)27(21)37-4-3-23(35)17(11-34)13-37/h1-2,5-9,12,17,23,38H,3-4,13,35H2/t17-,23+/m1/s1. The number of fused-ring (bicyclic) bond motifs is 1. The maximum Gasteiger partial charge on any atom is 0.170 e. The van der Waals surface area contributed by atoms with Crippen molar-refractivity contribution >= 4 is 16.6 Å². The summed E-state index contributed by atoms with van der Waals surface area (Å²) in [6, 6.07) is 11.5. The maximum absolute atomic E-state index is 14.9. The van der Waals surface area contributed by atoms with Gasteiger partial charge < -0.3 is 15.7 Å². The zero-order chi connectivity index (χ0) is 27.1. The molecule has 0 amide bonds. The van der Waals surface area contributed by atoms with Gasteiger partial charge in [-0.15, -0.1) is 0 Å². The molecule has 5 rings (SSSR count). The molecule has 190 valence electrons. The smallest absolute Gasteiger partial charge is 0.170 e. The Balaban J connectivity index is 1.81. The molecule has 0 aliphatic carbocycles. The van der Waals surface area contributed by atoms with Crippen LogP contribution in [0, 0.1) is 51.8 Å². The summed E-state index contributed by atoms with van der Waals surface area (Å²) < 4.78 is 57.6. The minimum Gasteiger partial charge on any atom is -0.506 e. The number of anilines is 1. The fourth-order valence-corrected chi connectivity index (χ4v) is 4.87. The van der Waals surface area contributed by atoms with Crippen LogP contribution in [0.3, 0.4) is 0 Å². The van der Waals surface area contributed by atoms with Gasteiger partial charge in [-0.05, 0) is 47.9 Å². The Kier molecular flexibility index (Phi) is 6.35. The predicted octanol–water partition coefficient (Wildman–Crippen LogP) is 5.38. The van der Waals surface area contributed by atoms with E-state index in [1.165, 1.54) is 24.4 Å². The molecule has 0 saturated carbocycles. The highest BCUT2D eigenvalue weighted by Crippen LogP contribution is 2.42. The van der Waals surface area contributed by atoms with Gasteiger partial charge in [0.2, 0.25) is 0 Å². The average molecular weight is 517 g/mol. The number of nitrogens with zero attached hydrogens (tertiary/aromatic N) is 4. The van der Waals surface area contributed by atoms with E-state index in [4.69, 9.17) is 5.73 Å². The summed E-state index contributed by atoms with van der Waals surface area (Å²) in [4.78, 5) is 6.27. The third-order valence-corrected chi connectivity index (χ3v) is 6.76. The Morgan fingerprint density at radius 2 is 1.74 bits per heavy atom. The van der Waals surface area contributed by atoms with E-state index in [0.29, 0.717) is 41.2 Å². The number of hydrogen-bond donors (Lipinski definition) is 2. The topological polar surface area (TPSA) is 110 Å². The molecule has 2 heterocycles. The van der Waals surface area contributed by atoms with Gasteiger partial charge in [-0.3, -0.25) is 4.98 Å². The van der Waals surface area contributed by atoms with Crippen molar-refractivity contribution in [2.45, 2.75) is 12.5 Å². The van der Waals surface area contributed by atoms with Gasteiger partial charge in [0.25, 0.3) is 0 Å². The number of piperidine rings is 1. The van der Waals surface area contributed by atoms with Crippen LogP contribution in [0.2, 0.25) is 0 Å². The molecule has 1 saturated heterocycles. The van der Waals surface area contributed by atoms with E-state index in [-0.39, 0.29) is 23.7 Å². The number of nitrogens with two attached hydrogens (primary N) is 1. The summed E-state index contributed by atoms with van der Waals surface area (Å²) in [5.41, 5.74) is 6.64. The number of hydrogen-bond acceptors (Lipinski definition) is 6. The van der Waals surface area contributed by atoms with Crippen molar-refractivity contribution in [1.82, 2.24) is 4.98 Å². The fourth-order valence-electron chi connectivity index (χ4n) is 4.87. The fraction of sp³-hybridized carbons (Fsp3) is 0.179. The molecule has 3 aromatic carbocycles.